The number of quaternary nitrogens is 1. The second-order valence-electron chi connectivity index (χ2n) is 4.71. The Balaban J connectivity index is 2.10. The summed E-state index contributed by atoms with van der Waals surface area (Å²) in [7, 11) is 0. The molecule has 0 radical (unpaired) electrons. The van der Waals surface area contributed by atoms with Crippen LogP contribution in [0.1, 0.15) is 24.5 Å². The van der Waals surface area contributed by atoms with Crippen LogP contribution in [0.5, 0.6) is 0 Å². The lowest BCUT2D eigenvalue weighted by molar-refractivity contribution is -0.849. The quantitative estimate of drug-likeness (QED) is 0.868. The first-order valence-electron chi connectivity index (χ1n) is 6.75. The number of amides is 1. The molecule has 0 aliphatic heterocycles. The zero-order valence-electron chi connectivity index (χ0n) is 11.3. The number of carbonyl (C=O) groups excluding carboxylic acids is 1. The summed E-state index contributed by atoms with van der Waals surface area (Å²) >= 11 is 0. The third-order valence-corrected chi connectivity index (χ3v) is 3.24. The van der Waals surface area contributed by atoms with Crippen molar-refractivity contribution >= 4 is 5.91 Å². The van der Waals surface area contributed by atoms with Crippen molar-refractivity contribution in [3.05, 3.63) is 71.8 Å². The van der Waals surface area contributed by atoms with Gasteiger partial charge in [0.05, 0.1) is 6.42 Å². The van der Waals surface area contributed by atoms with E-state index >= 15 is 0 Å². The lowest BCUT2D eigenvalue weighted by atomic mass is 10.1. The third kappa shape index (κ3) is 4.04. The van der Waals surface area contributed by atoms with Crippen molar-refractivity contribution in [3.8, 4) is 0 Å². The van der Waals surface area contributed by atoms with Gasteiger partial charge in [-0.3, -0.25) is 4.90 Å². The fourth-order valence-corrected chi connectivity index (χ4v) is 2.19. The Labute approximate surface area is 114 Å². The van der Waals surface area contributed by atoms with E-state index in [0.717, 1.165) is 18.0 Å². The van der Waals surface area contributed by atoms with Gasteiger partial charge in [0.2, 0.25) is 0 Å². The van der Waals surface area contributed by atoms with Crippen LogP contribution in [0.25, 0.3) is 0 Å². The Morgan fingerprint density at radius 3 is 1.63 bits per heavy atom. The van der Waals surface area contributed by atoms with E-state index < -0.39 is 0 Å². The first kappa shape index (κ1) is 13.5. The van der Waals surface area contributed by atoms with Crippen LogP contribution in [-0.4, -0.2) is 5.91 Å². The molecule has 2 aromatic carbocycles. The van der Waals surface area contributed by atoms with E-state index in [1.165, 1.54) is 11.1 Å². The summed E-state index contributed by atoms with van der Waals surface area (Å²) in [6, 6.07) is 20.4. The van der Waals surface area contributed by atoms with E-state index in [9.17, 15) is 4.79 Å². The van der Waals surface area contributed by atoms with Crippen LogP contribution in [0.15, 0.2) is 60.7 Å². The summed E-state index contributed by atoms with van der Waals surface area (Å²) in [5.74, 6) is 0.271. The maximum absolute atomic E-state index is 12.1. The summed E-state index contributed by atoms with van der Waals surface area (Å²) in [5.41, 5.74) is 2.41. The van der Waals surface area contributed by atoms with Gasteiger partial charge in [-0.2, -0.15) is 0 Å². The first-order chi connectivity index (χ1) is 9.29. The Morgan fingerprint density at radius 1 is 0.842 bits per heavy atom. The minimum atomic E-state index is 0.271. The first-order valence-corrected chi connectivity index (χ1v) is 6.75. The van der Waals surface area contributed by atoms with E-state index in [-0.39, 0.29) is 5.91 Å². The highest BCUT2D eigenvalue weighted by Crippen LogP contribution is 1.99. The van der Waals surface area contributed by atoms with Crippen LogP contribution < -0.4 is 4.90 Å². The second-order valence-corrected chi connectivity index (χ2v) is 4.71. The van der Waals surface area contributed by atoms with Crippen molar-refractivity contribution in [1.82, 2.24) is 0 Å². The number of hydrogen-bond donors (Lipinski definition) is 1. The van der Waals surface area contributed by atoms with Gasteiger partial charge in [0.25, 0.3) is 0 Å². The molecular formula is C17H20NO+. The molecule has 0 saturated carbocycles. The van der Waals surface area contributed by atoms with Gasteiger partial charge < -0.3 is 0 Å². The average Bonchev–Trinajstić information content (AvgIpc) is 2.48. The topological polar surface area (TPSA) is 21.5 Å². The lowest BCUT2D eigenvalue weighted by Crippen LogP contribution is -3.12. The molecule has 2 aromatic rings. The van der Waals surface area contributed by atoms with E-state index in [1.54, 1.807) is 0 Å². The van der Waals surface area contributed by atoms with Crippen molar-refractivity contribution in [2.24, 2.45) is 0 Å². The SMILES string of the molecule is CCC(=O)[NH+](Cc1ccccc1)Cc1ccccc1. The third-order valence-electron chi connectivity index (χ3n) is 3.24. The fourth-order valence-electron chi connectivity index (χ4n) is 2.19. The Bertz CT molecular complexity index is 466. The van der Waals surface area contributed by atoms with Gasteiger partial charge in [-0.25, -0.2) is 4.79 Å². The molecule has 19 heavy (non-hydrogen) atoms. The van der Waals surface area contributed by atoms with Crippen molar-refractivity contribution in [3.63, 3.8) is 0 Å². The highest BCUT2D eigenvalue weighted by atomic mass is 16.2. The van der Waals surface area contributed by atoms with Gasteiger partial charge in [-0.1, -0.05) is 67.6 Å². The molecule has 0 heterocycles. The van der Waals surface area contributed by atoms with Crippen LogP contribution in [0.4, 0.5) is 0 Å². The molecule has 0 spiro atoms. The molecule has 1 amide bonds. The monoisotopic (exact) mass is 254 g/mol. The molecule has 2 rings (SSSR count). The summed E-state index contributed by atoms with van der Waals surface area (Å²) in [4.78, 5) is 13.1. The number of carbonyl (C=O) groups is 1. The van der Waals surface area contributed by atoms with Gasteiger partial charge in [-0.05, 0) is 0 Å². The van der Waals surface area contributed by atoms with Crippen LogP contribution in [0, 0.1) is 0 Å². The molecular weight excluding hydrogens is 234 g/mol. The maximum atomic E-state index is 12.1. The molecule has 0 bridgehead atoms. The molecule has 0 aliphatic carbocycles. The summed E-state index contributed by atoms with van der Waals surface area (Å²) in [6.45, 7) is 3.43. The number of benzene rings is 2. The van der Waals surface area contributed by atoms with Crippen LogP contribution >= 0.6 is 0 Å². The largest absolute Gasteiger partial charge is 0.312 e. The van der Waals surface area contributed by atoms with Crippen molar-refractivity contribution in [1.29, 1.82) is 0 Å². The van der Waals surface area contributed by atoms with E-state index in [2.05, 4.69) is 24.3 Å². The van der Waals surface area contributed by atoms with E-state index in [0.29, 0.717) is 6.42 Å². The molecule has 98 valence electrons. The number of hydrogen-bond acceptors (Lipinski definition) is 1. The predicted octanol–water partition coefficient (Wildman–Crippen LogP) is 2.21. The van der Waals surface area contributed by atoms with E-state index in [4.69, 9.17) is 0 Å². The Morgan fingerprint density at radius 2 is 1.26 bits per heavy atom. The van der Waals surface area contributed by atoms with Gasteiger partial charge in [-0.15, -0.1) is 0 Å². The highest BCUT2D eigenvalue weighted by Gasteiger charge is 2.18. The maximum Gasteiger partial charge on any atom is 0.312 e. The molecule has 2 nitrogen and oxygen atoms in total. The summed E-state index contributed by atoms with van der Waals surface area (Å²) in [6.07, 6.45) is 0.578. The fraction of sp³-hybridized carbons (Fsp3) is 0.235. The summed E-state index contributed by atoms with van der Waals surface area (Å²) in [5, 5.41) is 0. The standard InChI is InChI=1S/C17H19NO/c1-2-17(19)18(13-15-9-5-3-6-10-15)14-16-11-7-4-8-12-16/h3-12H,2,13-14H2,1H3/p+1. The molecule has 0 aliphatic rings. The van der Waals surface area contributed by atoms with Crippen LogP contribution in [0.2, 0.25) is 0 Å². The van der Waals surface area contributed by atoms with Crippen LogP contribution in [0.3, 0.4) is 0 Å². The molecule has 0 aromatic heterocycles. The van der Waals surface area contributed by atoms with E-state index in [1.807, 2.05) is 43.3 Å². The van der Waals surface area contributed by atoms with Crippen molar-refractivity contribution < 1.29 is 9.69 Å². The summed E-state index contributed by atoms with van der Waals surface area (Å²) < 4.78 is 0. The average molecular weight is 254 g/mol. The minimum Gasteiger partial charge on any atom is -0.264 e. The van der Waals surface area contributed by atoms with Gasteiger partial charge in [0.15, 0.2) is 0 Å². The predicted molar refractivity (Wildman–Crippen MR) is 76.6 cm³/mol. The zero-order chi connectivity index (χ0) is 13.5. The Kier molecular flexibility index (Phi) is 4.87. The van der Waals surface area contributed by atoms with Gasteiger partial charge in [0, 0.05) is 11.1 Å². The van der Waals surface area contributed by atoms with Gasteiger partial charge in [0.1, 0.15) is 13.1 Å². The molecule has 0 saturated heterocycles. The number of nitrogens with one attached hydrogen (secondary N) is 1. The highest BCUT2D eigenvalue weighted by molar-refractivity contribution is 5.66. The van der Waals surface area contributed by atoms with Crippen LogP contribution in [-0.2, 0) is 17.9 Å². The molecule has 0 unspecified atom stereocenters. The zero-order valence-corrected chi connectivity index (χ0v) is 11.3. The molecule has 0 atom stereocenters. The van der Waals surface area contributed by atoms with Crippen molar-refractivity contribution in [2.75, 3.05) is 0 Å². The lowest BCUT2D eigenvalue weighted by Gasteiger charge is -2.16. The Hall–Kier alpha value is -1.93. The number of rotatable bonds is 5. The second kappa shape index (κ2) is 6.86. The van der Waals surface area contributed by atoms with Gasteiger partial charge >= 0.3 is 5.91 Å². The van der Waals surface area contributed by atoms with Crippen molar-refractivity contribution in [2.45, 2.75) is 26.4 Å². The minimum absolute atomic E-state index is 0.271. The smallest absolute Gasteiger partial charge is 0.264 e. The molecule has 1 N–H and O–H groups in total. The normalized spacial score (nSPS) is 10.6. The molecule has 2 heteroatoms. The molecule has 0 fully saturated rings.